The Kier molecular flexibility index (Phi) is 4.70. The van der Waals surface area contributed by atoms with Crippen LogP contribution in [0.25, 0.3) is 11.0 Å². The van der Waals surface area contributed by atoms with Crippen molar-refractivity contribution in [1.82, 2.24) is 5.32 Å². The molecule has 1 atom stereocenters. The smallest absolute Gasteiger partial charge is 0.307 e. The third kappa shape index (κ3) is 3.05. The molecule has 1 aromatic carbocycles. The van der Waals surface area contributed by atoms with Crippen molar-refractivity contribution in [3.05, 3.63) is 29.5 Å². The molecule has 1 heterocycles. The molecule has 6 nitrogen and oxygen atoms in total. The summed E-state index contributed by atoms with van der Waals surface area (Å²) >= 11 is 0. The van der Waals surface area contributed by atoms with E-state index in [0.29, 0.717) is 11.3 Å². The maximum absolute atomic E-state index is 12.3. The van der Waals surface area contributed by atoms with Crippen molar-refractivity contribution in [3.8, 4) is 5.75 Å². The Bertz CT molecular complexity index is 704. The summed E-state index contributed by atoms with van der Waals surface area (Å²) in [6, 6.07) is 5.12. The number of hydrogen-bond acceptors (Lipinski definition) is 5. The highest BCUT2D eigenvalue weighted by atomic mass is 16.5. The second-order valence-electron chi connectivity index (χ2n) is 5.05. The molecule has 1 aromatic heterocycles. The van der Waals surface area contributed by atoms with Crippen molar-refractivity contribution in [3.63, 3.8) is 0 Å². The van der Waals surface area contributed by atoms with Gasteiger partial charge in [-0.3, -0.25) is 9.59 Å². The number of nitrogens with one attached hydrogen (secondary N) is 1. The molecule has 6 heteroatoms. The summed E-state index contributed by atoms with van der Waals surface area (Å²) in [5, 5.41) is 3.55. The lowest BCUT2D eigenvalue weighted by atomic mass is 10.1. The minimum atomic E-state index is -0.379. The van der Waals surface area contributed by atoms with E-state index < -0.39 is 0 Å². The monoisotopic (exact) mass is 305 g/mol. The van der Waals surface area contributed by atoms with Gasteiger partial charge in [0.2, 0.25) is 0 Å². The Labute approximate surface area is 128 Å². The third-order valence-corrected chi connectivity index (χ3v) is 3.43. The van der Waals surface area contributed by atoms with Gasteiger partial charge in [-0.2, -0.15) is 0 Å². The number of carbonyl (C=O) groups is 2. The topological polar surface area (TPSA) is 77.8 Å². The molecule has 2 rings (SSSR count). The normalized spacial score (nSPS) is 12.0. The molecule has 1 N–H and O–H groups in total. The average Bonchev–Trinajstić information content (AvgIpc) is 2.84. The first-order valence-electron chi connectivity index (χ1n) is 6.91. The predicted molar refractivity (Wildman–Crippen MR) is 81.1 cm³/mol. The fourth-order valence-corrected chi connectivity index (χ4v) is 2.27. The molecular weight excluding hydrogens is 286 g/mol. The number of rotatable bonds is 5. The minimum Gasteiger partial charge on any atom is -0.493 e. The van der Waals surface area contributed by atoms with Gasteiger partial charge in [-0.15, -0.1) is 0 Å². The van der Waals surface area contributed by atoms with Crippen LogP contribution in [0.5, 0.6) is 5.75 Å². The van der Waals surface area contributed by atoms with Crippen LogP contribution in [0.15, 0.2) is 22.6 Å². The Hall–Kier alpha value is -2.50. The minimum absolute atomic E-state index is 0.102. The van der Waals surface area contributed by atoms with E-state index in [1.807, 2.05) is 19.1 Å². The zero-order chi connectivity index (χ0) is 16.3. The number of para-hydroxylation sites is 1. The van der Waals surface area contributed by atoms with Gasteiger partial charge in [-0.05, 0) is 19.9 Å². The molecule has 2 aromatic rings. The van der Waals surface area contributed by atoms with Crippen molar-refractivity contribution < 1.29 is 23.5 Å². The molecule has 1 amide bonds. The molecule has 0 aliphatic rings. The highest BCUT2D eigenvalue weighted by Gasteiger charge is 2.21. The molecule has 0 fully saturated rings. The van der Waals surface area contributed by atoms with Crippen LogP contribution in [-0.4, -0.2) is 32.1 Å². The van der Waals surface area contributed by atoms with E-state index >= 15 is 0 Å². The standard InChI is InChI=1S/C16H19NO5/c1-9(8-13(18)21-4)17-16(19)14-10(2)11-6-5-7-12(20-3)15(11)22-14/h5-7,9H,8H2,1-4H3,(H,17,19)/t9-/m1/s1. The summed E-state index contributed by atoms with van der Waals surface area (Å²) in [5.41, 5.74) is 1.27. The van der Waals surface area contributed by atoms with Gasteiger partial charge in [-0.1, -0.05) is 12.1 Å². The summed E-state index contributed by atoms with van der Waals surface area (Å²) < 4.78 is 15.5. The Morgan fingerprint density at radius 3 is 2.68 bits per heavy atom. The van der Waals surface area contributed by atoms with E-state index in [1.54, 1.807) is 20.1 Å². The number of ether oxygens (including phenoxy) is 2. The van der Waals surface area contributed by atoms with Crippen LogP contribution in [0.3, 0.4) is 0 Å². The van der Waals surface area contributed by atoms with E-state index in [-0.39, 0.29) is 30.1 Å². The number of carbonyl (C=O) groups excluding carboxylic acids is 2. The van der Waals surface area contributed by atoms with Crippen molar-refractivity contribution in [2.75, 3.05) is 14.2 Å². The van der Waals surface area contributed by atoms with E-state index in [1.165, 1.54) is 7.11 Å². The molecule has 118 valence electrons. The number of fused-ring (bicyclic) bond motifs is 1. The number of esters is 1. The first kappa shape index (κ1) is 15.9. The molecule has 0 saturated heterocycles. The van der Waals surface area contributed by atoms with Crippen molar-refractivity contribution >= 4 is 22.8 Å². The lowest BCUT2D eigenvalue weighted by Crippen LogP contribution is -2.34. The number of benzene rings is 1. The maximum atomic E-state index is 12.3. The van der Waals surface area contributed by atoms with Crippen molar-refractivity contribution in [1.29, 1.82) is 0 Å². The molecule has 0 unspecified atom stereocenters. The van der Waals surface area contributed by atoms with Crippen LogP contribution in [0.2, 0.25) is 0 Å². The fourth-order valence-electron chi connectivity index (χ4n) is 2.27. The summed E-state index contributed by atoms with van der Waals surface area (Å²) in [4.78, 5) is 23.5. The first-order valence-corrected chi connectivity index (χ1v) is 6.91. The van der Waals surface area contributed by atoms with E-state index in [0.717, 1.165) is 10.9 Å². The molecule has 0 spiro atoms. The van der Waals surface area contributed by atoms with Crippen LogP contribution in [0.4, 0.5) is 0 Å². The van der Waals surface area contributed by atoms with E-state index in [4.69, 9.17) is 9.15 Å². The van der Waals surface area contributed by atoms with Crippen LogP contribution in [0.1, 0.15) is 29.5 Å². The summed E-state index contributed by atoms with van der Waals surface area (Å²) in [6.07, 6.45) is 0.102. The molecule has 0 radical (unpaired) electrons. The second kappa shape index (κ2) is 6.51. The van der Waals surface area contributed by atoms with Crippen LogP contribution < -0.4 is 10.1 Å². The fraction of sp³-hybridized carbons (Fsp3) is 0.375. The van der Waals surface area contributed by atoms with Gasteiger partial charge in [-0.25, -0.2) is 0 Å². The molecule has 0 bridgehead atoms. The SMILES string of the molecule is COC(=O)C[C@@H](C)NC(=O)c1oc2c(OC)cccc2c1C. The molecule has 22 heavy (non-hydrogen) atoms. The van der Waals surface area contributed by atoms with Crippen LogP contribution in [0, 0.1) is 6.92 Å². The Morgan fingerprint density at radius 2 is 2.05 bits per heavy atom. The van der Waals surface area contributed by atoms with Gasteiger partial charge in [0.25, 0.3) is 5.91 Å². The van der Waals surface area contributed by atoms with Gasteiger partial charge in [0, 0.05) is 17.0 Å². The van der Waals surface area contributed by atoms with E-state index in [9.17, 15) is 9.59 Å². The van der Waals surface area contributed by atoms with Gasteiger partial charge < -0.3 is 19.2 Å². The summed E-state index contributed by atoms with van der Waals surface area (Å²) in [7, 11) is 2.86. The molecule has 0 aliphatic carbocycles. The number of furan rings is 1. The quantitative estimate of drug-likeness (QED) is 0.858. The van der Waals surface area contributed by atoms with Gasteiger partial charge in [0.05, 0.1) is 20.6 Å². The lowest BCUT2D eigenvalue weighted by Gasteiger charge is -2.11. The van der Waals surface area contributed by atoms with Crippen molar-refractivity contribution in [2.24, 2.45) is 0 Å². The number of methoxy groups -OCH3 is 2. The number of aryl methyl sites for hydroxylation is 1. The largest absolute Gasteiger partial charge is 0.493 e. The van der Waals surface area contributed by atoms with E-state index in [2.05, 4.69) is 10.1 Å². The Balaban J connectivity index is 2.25. The van der Waals surface area contributed by atoms with Gasteiger partial charge in [0.15, 0.2) is 17.1 Å². The second-order valence-corrected chi connectivity index (χ2v) is 5.05. The highest BCUT2D eigenvalue weighted by molar-refractivity contribution is 6.00. The predicted octanol–water partition coefficient (Wildman–Crippen LogP) is 2.43. The number of amides is 1. The van der Waals surface area contributed by atoms with Crippen LogP contribution >= 0.6 is 0 Å². The lowest BCUT2D eigenvalue weighted by molar-refractivity contribution is -0.141. The zero-order valence-corrected chi connectivity index (χ0v) is 13.1. The molecule has 0 aliphatic heterocycles. The van der Waals surface area contributed by atoms with Gasteiger partial charge in [0.1, 0.15) is 0 Å². The number of hydrogen-bond donors (Lipinski definition) is 1. The summed E-state index contributed by atoms with van der Waals surface area (Å²) in [5.74, 6) is 0.0430. The van der Waals surface area contributed by atoms with Crippen LogP contribution in [-0.2, 0) is 9.53 Å². The maximum Gasteiger partial charge on any atom is 0.307 e. The highest BCUT2D eigenvalue weighted by Crippen LogP contribution is 2.32. The first-order chi connectivity index (χ1) is 10.5. The van der Waals surface area contributed by atoms with Gasteiger partial charge >= 0.3 is 5.97 Å². The molecular formula is C16H19NO5. The average molecular weight is 305 g/mol. The molecule has 0 saturated carbocycles. The van der Waals surface area contributed by atoms with Crippen molar-refractivity contribution in [2.45, 2.75) is 26.3 Å². The summed E-state index contributed by atoms with van der Waals surface area (Å²) in [6.45, 7) is 3.54. The zero-order valence-electron chi connectivity index (χ0n) is 13.1. The Morgan fingerprint density at radius 1 is 1.32 bits per heavy atom. The third-order valence-electron chi connectivity index (χ3n) is 3.43.